The molecular formula is C23H17F3N2O5. The van der Waals surface area contributed by atoms with Crippen molar-refractivity contribution in [2.75, 3.05) is 24.0 Å². The average molecular weight is 458 g/mol. The van der Waals surface area contributed by atoms with Crippen molar-refractivity contribution in [1.29, 1.82) is 0 Å². The highest BCUT2D eigenvalue weighted by molar-refractivity contribution is 6.10. The Morgan fingerprint density at radius 2 is 1.64 bits per heavy atom. The number of halogens is 3. The zero-order chi connectivity index (χ0) is 23.4. The summed E-state index contributed by atoms with van der Waals surface area (Å²) in [6.07, 6.45) is -4.62. The van der Waals surface area contributed by atoms with Crippen molar-refractivity contribution in [3.8, 4) is 17.2 Å². The molecule has 0 unspecified atom stereocenters. The van der Waals surface area contributed by atoms with E-state index in [2.05, 4.69) is 10.6 Å². The van der Waals surface area contributed by atoms with E-state index in [1.807, 2.05) is 0 Å². The topological polar surface area (TPSA) is 85.9 Å². The first-order valence-electron chi connectivity index (χ1n) is 9.70. The number of ether oxygens (including phenoxy) is 3. The zero-order valence-corrected chi connectivity index (χ0v) is 16.9. The molecule has 0 fully saturated rings. The second-order valence-electron chi connectivity index (χ2n) is 6.90. The van der Waals surface area contributed by atoms with Crippen LogP contribution in [0.3, 0.4) is 0 Å². The summed E-state index contributed by atoms with van der Waals surface area (Å²) in [6.45, 7) is -0.581. The molecule has 170 valence electrons. The molecule has 3 aromatic carbocycles. The average Bonchev–Trinajstić information content (AvgIpc) is 3.25. The summed E-state index contributed by atoms with van der Waals surface area (Å²) >= 11 is 0. The molecule has 10 heteroatoms. The van der Waals surface area contributed by atoms with E-state index in [1.54, 1.807) is 30.3 Å². The van der Waals surface area contributed by atoms with Crippen LogP contribution >= 0.6 is 0 Å². The zero-order valence-electron chi connectivity index (χ0n) is 16.9. The molecule has 3 aromatic rings. The Labute approximate surface area is 186 Å². The fourth-order valence-electron chi connectivity index (χ4n) is 3.12. The Bertz CT molecular complexity index is 1200. The molecule has 0 aromatic heterocycles. The summed E-state index contributed by atoms with van der Waals surface area (Å²) in [6, 6.07) is 15.7. The molecule has 2 N–H and O–H groups in total. The standard InChI is InChI=1S/C23H17F3N2O5/c24-23(25,26)16-6-2-4-8-18(16)31-12-21(29)28-17-7-3-1-5-15(17)22(30)27-14-9-10-19-20(11-14)33-13-32-19/h1-11H,12-13H2,(H,27,30)(H,28,29). The predicted octanol–water partition coefficient (Wildman–Crippen LogP) is 4.70. The predicted molar refractivity (Wildman–Crippen MR) is 113 cm³/mol. The van der Waals surface area contributed by atoms with Gasteiger partial charge in [0.15, 0.2) is 18.1 Å². The highest BCUT2D eigenvalue weighted by Crippen LogP contribution is 2.36. The van der Waals surface area contributed by atoms with Crippen LogP contribution in [0.5, 0.6) is 17.2 Å². The highest BCUT2D eigenvalue weighted by atomic mass is 19.4. The number of benzene rings is 3. The van der Waals surface area contributed by atoms with Gasteiger partial charge in [0.25, 0.3) is 11.8 Å². The molecule has 1 aliphatic rings. The van der Waals surface area contributed by atoms with Crippen LogP contribution in [-0.2, 0) is 11.0 Å². The van der Waals surface area contributed by atoms with Crippen molar-refractivity contribution < 1.29 is 37.0 Å². The van der Waals surface area contributed by atoms with Gasteiger partial charge >= 0.3 is 6.18 Å². The van der Waals surface area contributed by atoms with Crippen LogP contribution in [0.15, 0.2) is 66.7 Å². The summed E-state index contributed by atoms with van der Waals surface area (Å²) in [5.41, 5.74) is -0.202. The third-order valence-electron chi connectivity index (χ3n) is 4.63. The van der Waals surface area contributed by atoms with Crippen LogP contribution < -0.4 is 24.8 Å². The van der Waals surface area contributed by atoms with Crippen LogP contribution in [0.2, 0.25) is 0 Å². The van der Waals surface area contributed by atoms with Crippen LogP contribution in [0, 0.1) is 0 Å². The number of nitrogens with one attached hydrogen (secondary N) is 2. The van der Waals surface area contributed by atoms with Crippen molar-refractivity contribution in [2.45, 2.75) is 6.18 Å². The van der Waals surface area contributed by atoms with E-state index in [0.29, 0.717) is 17.2 Å². The van der Waals surface area contributed by atoms with E-state index in [0.717, 1.165) is 12.1 Å². The molecule has 0 radical (unpaired) electrons. The minimum atomic E-state index is -4.62. The van der Waals surface area contributed by atoms with E-state index in [9.17, 15) is 22.8 Å². The number of rotatable bonds is 6. The molecular weight excluding hydrogens is 441 g/mol. The lowest BCUT2D eigenvalue weighted by atomic mass is 10.1. The van der Waals surface area contributed by atoms with Gasteiger partial charge in [0.2, 0.25) is 6.79 Å². The summed E-state index contributed by atoms with van der Waals surface area (Å²) in [7, 11) is 0. The summed E-state index contributed by atoms with van der Waals surface area (Å²) in [4.78, 5) is 25.1. The number of hydrogen-bond donors (Lipinski definition) is 2. The Kier molecular flexibility index (Phi) is 6.07. The Balaban J connectivity index is 1.42. The van der Waals surface area contributed by atoms with Gasteiger partial charge in [-0.1, -0.05) is 24.3 Å². The molecule has 33 heavy (non-hydrogen) atoms. The molecule has 2 amide bonds. The molecule has 4 rings (SSSR count). The van der Waals surface area contributed by atoms with Gasteiger partial charge in [0, 0.05) is 11.8 Å². The van der Waals surface area contributed by atoms with Crippen molar-refractivity contribution in [2.24, 2.45) is 0 Å². The molecule has 7 nitrogen and oxygen atoms in total. The third kappa shape index (κ3) is 5.17. The monoisotopic (exact) mass is 458 g/mol. The maximum atomic E-state index is 13.1. The van der Waals surface area contributed by atoms with Crippen molar-refractivity contribution in [1.82, 2.24) is 0 Å². The maximum Gasteiger partial charge on any atom is 0.419 e. The largest absolute Gasteiger partial charge is 0.483 e. The van der Waals surface area contributed by atoms with E-state index in [1.165, 1.54) is 24.3 Å². The lowest BCUT2D eigenvalue weighted by molar-refractivity contribution is -0.139. The van der Waals surface area contributed by atoms with Gasteiger partial charge in [-0.2, -0.15) is 13.2 Å². The van der Waals surface area contributed by atoms with Gasteiger partial charge in [0.1, 0.15) is 5.75 Å². The number of para-hydroxylation sites is 2. The summed E-state index contributed by atoms with van der Waals surface area (Å²) < 4.78 is 54.8. The second kappa shape index (κ2) is 9.11. The maximum absolute atomic E-state index is 13.1. The molecule has 0 saturated carbocycles. The normalized spacial score (nSPS) is 12.2. The van der Waals surface area contributed by atoms with E-state index in [4.69, 9.17) is 14.2 Å². The molecule has 0 spiro atoms. The van der Waals surface area contributed by atoms with E-state index < -0.39 is 35.9 Å². The fourth-order valence-corrected chi connectivity index (χ4v) is 3.12. The fraction of sp³-hybridized carbons (Fsp3) is 0.130. The van der Waals surface area contributed by atoms with E-state index >= 15 is 0 Å². The van der Waals surface area contributed by atoms with Crippen LogP contribution in [-0.4, -0.2) is 25.2 Å². The van der Waals surface area contributed by atoms with Gasteiger partial charge < -0.3 is 24.8 Å². The number of alkyl halides is 3. The van der Waals surface area contributed by atoms with Gasteiger partial charge in [-0.25, -0.2) is 0 Å². The van der Waals surface area contributed by atoms with Crippen molar-refractivity contribution in [3.05, 3.63) is 77.9 Å². The number of amides is 2. The smallest absolute Gasteiger partial charge is 0.419 e. The molecule has 0 atom stereocenters. The molecule has 0 aliphatic carbocycles. The minimum absolute atomic E-state index is 0.0944. The number of anilines is 2. The lowest BCUT2D eigenvalue weighted by Crippen LogP contribution is -2.23. The third-order valence-corrected chi connectivity index (χ3v) is 4.63. The van der Waals surface area contributed by atoms with Crippen LogP contribution in [0.4, 0.5) is 24.5 Å². The molecule has 0 bridgehead atoms. The van der Waals surface area contributed by atoms with Gasteiger partial charge in [-0.15, -0.1) is 0 Å². The Morgan fingerprint density at radius 1 is 0.909 bits per heavy atom. The first kappa shape index (κ1) is 22.0. The number of carbonyl (C=O) groups excluding carboxylic acids is 2. The van der Waals surface area contributed by atoms with E-state index in [-0.39, 0.29) is 18.0 Å². The SMILES string of the molecule is O=C(COc1ccccc1C(F)(F)F)Nc1ccccc1C(=O)Nc1ccc2c(c1)OCO2. The minimum Gasteiger partial charge on any atom is -0.483 e. The molecule has 1 aliphatic heterocycles. The molecule has 1 heterocycles. The number of carbonyl (C=O) groups is 2. The summed E-state index contributed by atoms with van der Waals surface area (Å²) in [5, 5.41) is 5.20. The molecule has 0 saturated heterocycles. The highest BCUT2D eigenvalue weighted by Gasteiger charge is 2.34. The first-order valence-corrected chi connectivity index (χ1v) is 9.70. The van der Waals surface area contributed by atoms with Crippen molar-refractivity contribution >= 4 is 23.2 Å². The quantitative estimate of drug-likeness (QED) is 0.559. The summed E-state index contributed by atoms with van der Waals surface area (Å²) in [5.74, 6) is -0.643. The first-order chi connectivity index (χ1) is 15.8. The second-order valence-corrected chi connectivity index (χ2v) is 6.90. The Morgan fingerprint density at radius 3 is 2.45 bits per heavy atom. The Hall–Kier alpha value is -4.21. The number of fused-ring (bicyclic) bond motifs is 1. The van der Waals surface area contributed by atoms with Crippen LogP contribution in [0.25, 0.3) is 0 Å². The number of hydrogen-bond acceptors (Lipinski definition) is 5. The van der Waals surface area contributed by atoms with Gasteiger partial charge in [-0.05, 0) is 36.4 Å². The van der Waals surface area contributed by atoms with Crippen LogP contribution in [0.1, 0.15) is 15.9 Å². The van der Waals surface area contributed by atoms with Gasteiger partial charge in [0.05, 0.1) is 16.8 Å². The van der Waals surface area contributed by atoms with Crippen molar-refractivity contribution in [3.63, 3.8) is 0 Å². The lowest BCUT2D eigenvalue weighted by Gasteiger charge is -2.14. The van der Waals surface area contributed by atoms with Gasteiger partial charge in [-0.3, -0.25) is 9.59 Å².